The Balaban J connectivity index is 1.43. The largest absolute Gasteiger partial charge is 0.494 e. The number of unbranched alkanes of at least 4 members (excludes halogenated alkanes) is 1. The van der Waals surface area contributed by atoms with Crippen molar-refractivity contribution in [3.05, 3.63) is 59.8 Å². The summed E-state index contributed by atoms with van der Waals surface area (Å²) >= 11 is 0. The molecule has 0 saturated heterocycles. The van der Waals surface area contributed by atoms with E-state index >= 15 is 0 Å². The van der Waals surface area contributed by atoms with E-state index in [1.54, 1.807) is 19.1 Å². The van der Waals surface area contributed by atoms with Crippen LogP contribution in [0.5, 0.6) is 11.5 Å². The van der Waals surface area contributed by atoms with Crippen LogP contribution in [0.1, 0.15) is 42.7 Å². The smallest absolute Gasteiger partial charge is 0.338 e. The summed E-state index contributed by atoms with van der Waals surface area (Å²) in [6, 6.07) is 15.2. The van der Waals surface area contributed by atoms with Crippen LogP contribution in [-0.4, -0.2) is 35.8 Å². The van der Waals surface area contributed by atoms with Crippen LogP contribution in [0.25, 0.3) is 11.1 Å². The lowest BCUT2D eigenvalue weighted by Gasteiger charge is -2.12. The Labute approximate surface area is 193 Å². The van der Waals surface area contributed by atoms with E-state index in [4.69, 9.17) is 25.7 Å². The fourth-order valence-electron chi connectivity index (χ4n) is 3.26. The van der Waals surface area contributed by atoms with Crippen LogP contribution in [-0.2, 0) is 11.2 Å². The quantitative estimate of drug-likeness (QED) is 0.328. The molecule has 0 unspecified atom stereocenters. The SMILES string of the molecule is CCOC(=O)c1ccc(-c2ccc(OCCCCOc3c(N)nc(N)nc3CC)cc2)cc1. The Kier molecular flexibility index (Phi) is 8.46. The third-order valence-corrected chi connectivity index (χ3v) is 4.95. The van der Waals surface area contributed by atoms with Crippen molar-refractivity contribution in [2.24, 2.45) is 0 Å². The molecule has 1 heterocycles. The predicted octanol–water partition coefficient (Wildman–Crippen LogP) is 4.29. The zero-order valence-electron chi connectivity index (χ0n) is 19.0. The van der Waals surface area contributed by atoms with E-state index in [2.05, 4.69) is 9.97 Å². The van der Waals surface area contributed by atoms with Crippen molar-refractivity contribution in [2.45, 2.75) is 33.1 Å². The average molecular weight is 451 g/mol. The number of aryl methyl sites for hydroxylation is 1. The Morgan fingerprint density at radius 1 is 0.848 bits per heavy atom. The van der Waals surface area contributed by atoms with Gasteiger partial charge in [0, 0.05) is 0 Å². The summed E-state index contributed by atoms with van der Waals surface area (Å²) in [7, 11) is 0. The number of nitrogens with two attached hydrogens (primary N) is 2. The lowest BCUT2D eigenvalue weighted by atomic mass is 10.0. The molecule has 0 fully saturated rings. The third kappa shape index (κ3) is 6.58. The second-order valence-corrected chi connectivity index (χ2v) is 7.32. The summed E-state index contributed by atoms with van der Waals surface area (Å²) in [6.07, 6.45) is 2.30. The van der Waals surface area contributed by atoms with Crippen molar-refractivity contribution >= 4 is 17.7 Å². The van der Waals surface area contributed by atoms with Crippen LogP contribution in [0.4, 0.5) is 11.8 Å². The highest BCUT2D eigenvalue weighted by Crippen LogP contribution is 2.25. The van der Waals surface area contributed by atoms with Crippen molar-refractivity contribution in [1.82, 2.24) is 9.97 Å². The van der Waals surface area contributed by atoms with E-state index in [0.29, 0.717) is 43.2 Å². The number of nitrogens with zero attached hydrogens (tertiary/aromatic N) is 2. The van der Waals surface area contributed by atoms with Gasteiger partial charge >= 0.3 is 5.97 Å². The van der Waals surface area contributed by atoms with Gasteiger partial charge < -0.3 is 25.7 Å². The molecular formula is C25H30N4O4. The molecule has 0 saturated carbocycles. The molecule has 2 aromatic carbocycles. The van der Waals surface area contributed by atoms with Crippen molar-refractivity contribution in [3.63, 3.8) is 0 Å². The lowest BCUT2D eigenvalue weighted by Crippen LogP contribution is -2.10. The number of carbonyl (C=O) groups excluding carboxylic acids is 1. The first-order valence-corrected chi connectivity index (χ1v) is 11.1. The minimum absolute atomic E-state index is 0.157. The van der Waals surface area contributed by atoms with Crippen LogP contribution in [0.3, 0.4) is 0 Å². The average Bonchev–Trinajstić information content (AvgIpc) is 2.82. The summed E-state index contributed by atoms with van der Waals surface area (Å²) < 4.78 is 16.6. The van der Waals surface area contributed by atoms with Gasteiger partial charge in [0.1, 0.15) is 5.75 Å². The Bertz CT molecular complexity index is 1050. The lowest BCUT2D eigenvalue weighted by molar-refractivity contribution is 0.0526. The van der Waals surface area contributed by atoms with E-state index in [0.717, 1.165) is 29.7 Å². The highest BCUT2D eigenvalue weighted by Gasteiger charge is 2.11. The monoisotopic (exact) mass is 450 g/mol. The molecule has 4 N–H and O–H groups in total. The number of esters is 1. The number of anilines is 2. The zero-order valence-corrected chi connectivity index (χ0v) is 19.0. The van der Waals surface area contributed by atoms with Gasteiger partial charge in [-0.2, -0.15) is 4.98 Å². The fourth-order valence-corrected chi connectivity index (χ4v) is 3.26. The number of rotatable bonds is 11. The Morgan fingerprint density at radius 3 is 2.06 bits per heavy atom. The van der Waals surface area contributed by atoms with Gasteiger partial charge in [0.05, 0.1) is 31.1 Å². The van der Waals surface area contributed by atoms with Gasteiger partial charge in [-0.1, -0.05) is 31.2 Å². The first-order chi connectivity index (χ1) is 16.0. The molecule has 0 aliphatic carbocycles. The highest BCUT2D eigenvalue weighted by molar-refractivity contribution is 5.90. The van der Waals surface area contributed by atoms with E-state index in [9.17, 15) is 4.79 Å². The number of hydrogen-bond acceptors (Lipinski definition) is 8. The van der Waals surface area contributed by atoms with Gasteiger partial charge in [-0.25, -0.2) is 9.78 Å². The summed E-state index contributed by atoms with van der Waals surface area (Å²) in [4.78, 5) is 19.9. The molecule has 8 heteroatoms. The van der Waals surface area contributed by atoms with Gasteiger partial charge in [0.25, 0.3) is 0 Å². The van der Waals surface area contributed by atoms with Crippen molar-refractivity contribution in [3.8, 4) is 22.6 Å². The maximum absolute atomic E-state index is 11.8. The molecule has 0 aliphatic rings. The van der Waals surface area contributed by atoms with Crippen LogP contribution in [0.2, 0.25) is 0 Å². The van der Waals surface area contributed by atoms with Crippen molar-refractivity contribution in [1.29, 1.82) is 0 Å². The number of carbonyl (C=O) groups is 1. The standard InChI is InChI=1S/C25H30N4O4/c1-3-21-22(23(26)29-25(27)28-21)33-16-6-5-15-32-20-13-11-18(12-14-20)17-7-9-19(10-8-17)24(30)31-4-2/h7-14H,3-6,15-16H2,1-2H3,(H4,26,27,28,29). The molecular weight excluding hydrogens is 420 g/mol. The minimum Gasteiger partial charge on any atom is -0.494 e. The van der Waals surface area contributed by atoms with Gasteiger partial charge in [0.15, 0.2) is 11.6 Å². The molecule has 0 aliphatic heterocycles. The van der Waals surface area contributed by atoms with E-state index < -0.39 is 0 Å². The molecule has 8 nitrogen and oxygen atoms in total. The number of aromatic nitrogens is 2. The summed E-state index contributed by atoms with van der Waals surface area (Å²) in [5.41, 5.74) is 14.9. The molecule has 33 heavy (non-hydrogen) atoms. The topological polar surface area (TPSA) is 123 Å². The number of benzene rings is 2. The Morgan fingerprint density at radius 2 is 1.45 bits per heavy atom. The zero-order chi connectivity index (χ0) is 23.6. The van der Waals surface area contributed by atoms with E-state index in [1.807, 2.05) is 43.3 Å². The van der Waals surface area contributed by atoms with Crippen LogP contribution < -0.4 is 20.9 Å². The molecule has 3 aromatic rings. The first-order valence-electron chi connectivity index (χ1n) is 11.1. The molecule has 174 valence electrons. The Hall–Kier alpha value is -3.81. The summed E-state index contributed by atoms with van der Waals surface area (Å²) in [5.74, 6) is 1.43. The van der Waals surface area contributed by atoms with Crippen LogP contribution >= 0.6 is 0 Å². The van der Waals surface area contributed by atoms with Gasteiger partial charge in [-0.3, -0.25) is 0 Å². The van der Waals surface area contributed by atoms with E-state index in [1.165, 1.54) is 0 Å². The van der Waals surface area contributed by atoms with Gasteiger partial charge in [-0.05, 0) is 61.6 Å². The number of ether oxygens (including phenoxy) is 3. The second kappa shape index (κ2) is 11.7. The molecule has 3 rings (SSSR count). The normalized spacial score (nSPS) is 10.6. The van der Waals surface area contributed by atoms with E-state index in [-0.39, 0.29) is 17.7 Å². The maximum Gasteiger partial charge on any atom is 0.338 e. The van der Waals surface area contributed by atoms with Crippen LogP contribution in [0, 0.1) is 0 Å². The summed E-state index contributed by atoms with van der Waals surface area (Å²) in [5, 5.41) is 0. The number of hydrogen-bond donors (Lipinski definition) is 2. The molecule has 0 atom stereocenters. The highest BCUT2D eigenvalue weighted by atomic mass is 16.5. The molecule has 0 amide bonds. The van der Waals surface area contributed by atoms with Crippen molar-refractivity contribution < 1.29 is 19.0 Å². The second-order valence-electron chi connectivity index (χ2n) is 7.32. The molecule has 0 bridgehead atoms. The molecule has 1 aromatic heterocycles. The minimum atomic E-state index is -0.311. The van der Waals surface area contributed by atoms with Crippen LogP contribution in [0.15, 0.2) is 48.5 Å². The molecule has 0 spiro atoms. The van der Waals surface area contributed by atoms with Crippen molar-refractivity contribution in [2.75, 3.05) is 31.3 Å². The first kappa shape index (κ1) is 23.8. The fraction of sp³-hybridized carbons (Fsp3) is 0.320. The third-order valence-electron chi connectivity index (χ3n) is 4.95. The van der Waals surface area contributed by atoms with Gasteiger partial charge in [0.2, 0.25) is 5.95 Å². The predicted molar refractivity (Wildman–Crippen MR) is 128 cm³/mol. The summed E-state index contributed by atoms with van der Waals surface area (Å²) in [6.45, 7) is 5.19. The van der Waals surface area contributed by atoms with Gasteiger partial charge in [-0.15, -0.1) is 0 Å². The maximum atomic E-state index is 11.8. The molecule has 0 radical (unpaired) electrons. The number of nitrogen functional groups attached to an aromatic ring is 2.